The molecule has 0 saturated heterocycles. The highest BCUT2D eigenvalue weighted by molar-refractivity contribution is 5.88. The molecule has 0 radical (unpaired) electrons. The fraction of sp³-hybridized carbons (Fsp3) is 0.500. The lowest BCUT2D eigenvalue weighted by Crippen LogP contribution is -2.34. The van der Waals surface area contributed by atoms with Crippen LogP contribution in [-0.4, -0.2) is 49.7 Å². The molecule has 0 unspecified atom stereocenters. The second-order valence-electron chi connectivity index (χ2n) is 3.98. The summed E-state index contributed by atoms with van der Waals surface area (Å²) < 4.78 is 5.25. The molecule has 0 aromatic carbocycles. The molecule has 100 valence electrons. The minimum Gasteiger partial charge on any atom is -0.478 e. The van der Waals surface area contributed by atoms with Gasteiger partial charge in [0.1, 0.15) is 5.82 Å². The predicted molar refractivity (Wildman–Crippen MR) is 71.0 cm³/mol. The van der Waals surface area contributed by atoms with E-state index in [0.29, 0.717) is 24.8 Å². The summed E-state index contributed by atoms with van der Waals surface area (Å²) in [5, 5.41) is 5.40. The van der Waals surface area contributed by atoms with Gasteiger partial charge < -0.3 is 15.0 Å². The van der Waals surface area contributed by atoms with Crippen LogP contribution in [0.5, 0.6) is 5.88 Å². The van der Waals surface area contributed by atoms with Crippen molar-refractivity contribution in [2.75, 3.05) is 39.1 Å². The van der Waals surface area contributed by atoms with Gasteiger partial charge in [0, 0.05) is 19.2 Å². The number of anilines is 1. The second-order valence-corrected chi connectivity index (χ2v) is 3.98. The van der Waals surface area contributed by atoms with Crippen molar-refractivity contribution >= 4 is 11.8 Å². The van der Waals surface area contributed by atoms with E-state index in [4.69, 9.17) is 4.74 Å². The van der Waals surface area contributed by atoms with Gasteiger partial charge in [0.15, 0.2) is 0 Å². The molecule has 2 N–H and O–H groups in total. The molecule has 0 atom stereocenters. The monoisotopic (exact) mass is 252 g/mol. The fourth-order valence-electron chi connectivity index (χ4n) is 1.27. The lowest BCUT2D eigenvalue weighted by Gasteiger charge is -2.11. The molecule has 0 aliphatic rings. The molecule has 1 aromatic rings. The Hall–Kier alpha value is -1.82. The second kappa shape index (κ2) is 7.50. The van der Waals surface area contributed by atoms with Crippen molar-refractivity contribution in [2.24, 2.45) is 0 Å². The number of hydrogen-bond acceptors (Lipinski definition) is 4. The smallest absolute Gasteiger partial charge is 0.320 e. The van der Waals surface area contributed by atoms with Crippen LogP contribution in [0.15, 0.2) is 18.2 Å². The molecule has 0 fully saturated rings. The van der Waals surface area contributed by atoms with Crippen LogP contribution in [0.3, 0.4) is 0 Å². The van der Waals surface area contributed by atoms with Crippen LogP contribution in [0, 0.1) is 0 Å². The van der Waals surface area contributed by atoms with Gasteiger partial charge in [-0.1, -0.05) is 6.07 Å². The third-order valence-corrected chi connectivity index (χ3v) is 2.10. The van der Waals surface area contributed by atoms with Gasteiger partial charge in [-0.3, -0.25) is 5.32 Å². The normalized spacial score (nSPS) is 10.2. The van der Waals surface area contributed by atoms with Crippen LogP contribution in [0.4, 0.5) is 10.6 Å². The Balaban J connectivity index is 2.41. The molecule has 0 aliphatic carbocycles. The largest absolute Gasteiger partial charge is 0.478 e. The average molecular weight is 252 g/mol. The van der Waals surface area contributed by atoms with Gasteiger partial charge in [0.05, 0.1) is 6.61 Å². The number of hydrogen-bond donors (Lipinski definition) is 2. The Morgan fingerprint density at radius 3 is 2.89 bits per heavy atom. The summed E-state index contributed by atoms with van der Waals surface area (Å²) in [6.07, 6.45) is 0. The van der Waals surface area contributed by atoms with E-state index >= 15 is 0 Å². The first kappa shape index (κ1) is 14.2. The van der Waals surface area contributed by atoms with E-state index in [0.717, 1.165) is 6.54 Å². The van der Waals surface area contributed by atoms with Gasteiger partial charge in [-0.05, 0) is 27.1 Å². The maximum absolute atomic E-state index is 11.5. The van der Waals surface area contributed by atoms with Crippen molar-refractivity contribution in [3.63, 3.8) is 0 Å². The summed E-state index contributed by atoms with van der Waals surface area (Å²) in [4.78, 5) is 17.7. The van der Waals surface area contributed by atoms with Crippen LogP contribution in [0.1, 0.15) is 6.92 Å². The van der Waals surface area contributed by atoms with Gasteiger partial charge >= 0.3 is 6.03 Å². The zero-order chi connectivity index (χ0) is 13.4. The maximum Gasteiger partial charge on any atom is 0.320 e. The summed E-state index contributed by atoms with van der Waals surface area (Å²) in [6.45, 7) is 3.81. The number of nitrogens with one attached hydrogen (secondary N) is 2. The van der Waals surface area contributed by atoms with Crippen molar-refractivity contribution in [1.29, 1.82) is 0 Å². The molecule has 0 spiro atoms. The van der Waals surface area contributed by atoms with Crippen molar-refractivity contribution in [2.45, 2.75) is 6.92 Å². The lowest BCUT2D eigenvalue weighted by atomic mass is 10.4. The molecule has 0 aliphatic heterocycles. The van der Waals surface area contributed by atoms with Gasteiger partial charge in [-0.25, -0.2) is 4.79 Å². The minimum absolute atomic E-state index is 0.266. The molecule has 18 heavy (non-hydrogen) atoms. The first-order valence-electron chi connectivity index (χ1n) is 5.91. The molecular formula is C12H20N4O2. The first-order chi connectivity index (χ1) is 8.61. The number of pyridine rings is 1. The quantitative estimate of drug-likeness (QED) is 0.797. The Bertz CT molecular complexity index is 382. The highest BCUT2D eigenvalue weighted by Gasteiger charge is 2.03. The van der Waals surface area contributed by atoms with Crippen molar-refractivity contribution < 1.29 is 9.53 Å². The number of ether oxygens (including phenoxy) is 1. The highest BCUT2D eigenvalue weighted by Crippen LogP contribution is 2.10. The molecule has 6 nitrogen and oxygen atoms in total. The molecule has 6 heteroatoms. The lowest BCUT2D eigenvalue weighted by molar-refractivity contribution is 0.250. The van der Waals surface area contributed by atoms with E-state index in [1.54, 1.807) is 18.2 Å². The van der Waals surface area contributed by atoms with Gasteiger partial charge in [0.25, 0.3) is 0 Å². The Morgan fingerprint density at radius 2 is 2.22 bits per heavy atom. The molecule has 0 saturated carbocycles. The topological polar surface area (TPSA) is 66.5 Å². The third kappa shape index (κ3) is 5.49. The maximum atomic E-state index is 11.5. The van der Waals surface area contributed by atoms with Gasteiger partial charge in [0.2, 0.25) is 5.88 Å². The average Bonchev–Trinajstić information content (AvgIpc) is 2.29. The van der Waals surface area contributed by atoms with Crippen LogP contribution in [-0.2, 0) is 0 Å². The SMILES string of the molecule is CCOc1cccc(NC(=O)NCCN(C)C)n1. The molecule has 1 aromatic heterocycles. The van der Waals surface area contributed by atoms with Gasteiger partial charge in [-0.15, -0.1) is 0 Å². The van der Waals surface area contributed by atoms with Crippen LogP contribution < -0.4 is 15.4 Å². The molecular weight excluding hydrogens is 232 g/mol. The van der Waals surface area contributed by atoms with Crippen molar-refractivity contribution in [3.8, 4) is 5.88 Å². The molecule has 1 heterocycles. The van der Waals surface area contributed by atoms with Gasteiger partial charge in [-0.2, -0.15) is 4.98 Å². The standard InChI is InChI=1S/C12H20N4O2/c1-4-18-11-7-5-6-10(14-11)15-12(17)13-8-9-16(2)3/h5-7H,4,8-9H2,1-3H3,(H2,13,14,15,17). The Kier molecular flexibility index (Phi) is 5.93. The summed E-state index contributed by atoms with van der Waals surface area (Å²) >= 11 is 0. The summed E-state index contributed by atoms with van der Waals surface area (Å²) in [5.74, 6) is 0.979. The van der Waals surface area contributed by atoms with Crippen LogP contribution in [0.25, 0.3) is 0 Å². The Labute approximate surface area is 107 Å². The van der Waals surface area contributed by atoms with E-state index in [1.807, 2.05) is 25.9 Å². The number of rotatable bonds is 6. The van der Waals surface area contributed by atoms with E-state index in [1.165, 1.54) is 0 Å². The number of amides is 2. The number of urea groups is 1. The van der Waals surface area contributed by atoms with E-state index in [-0.39, 0.29) is 6.03 Å². The van der Waals surface area contributed by atoms with E-state index in [9.17, 15) is 4.79 Å². The molecule has 2 amide bonds. The zero-order valence-electron chi connectivity index (χ0n) is 11.1. The summed E-state index contributed by atoms with van der Waals surface area (Å²) in [5.41, 5.74) is 0. The van der Waals surface area contributed by atoms with Crippen molar-refractivity contribution in [3.05, 3.63) is 18.2 Å². The zero-order valence-corrected chi connectivity index (χ0v) is 11.1. The van der Waals surface area contributed by atoms with Crippen LogP contribution in [0.2, 0.25) is 0 Å². The third-order valence-electron chi connectivity index (χ3n) is 2.10. The number of aromatic nitrogens is 1. The molecule has 1 rings (SSSR count). The van der Waals surface area contributed by atoms with Crippen molar-refractivity contribution in [1.82, 2.24) is 15.2 Å². The van der Waals surface area contributed by atoms with E-state index < -0.39 is 0 Å². The predicted octanol–water partition coefficient (Wildman–Crippen LogP) is 1.16. The minimum atomic E-state index is -0.266. The molecule has 0 bridgehead atoms. The number of nitrogens with zero attached hydrogens (tertiary/aromatic N) is 2. The van der Waals surface area contributed by atoms with E-state index in [2.05, 4.69) is 15.6 Å². The number of likely N-dealkylation sites (N-methyl/N-ethyl adjacent to an activating group) is 1. The Morgan fingerprint density at radius 1 is 1.44 bits per heavy atom. The summed E-state index contributed by atoms with van der Waals surface area (Å²) in [7, 11) is 3.90. The first-order valence-corrected chi connectivity index (χ1v) is 5.91. The highest BCUT2D eigenvalue weighted by atomic mass is 16.5. The summed E-state index contributed by atoms with van der Waals surface area (Å²) in [6, 6.07) is 4.98. The number of carbonyl (C=O) groups is 1. The number of carbonyl (C=O) groups excluding carboxylic acids is 1. The fourth-order valence-corrected chi connectivity index (χ4v) is 1.27. The van der Waals surface area contributed by atoms with Crippen LogP contribution >= 0.6 is 0 Å².